The van der Waals surface area contributed by atoms with Gasteiger partial charge in [0.15, 0.2) is 0 Å². The van der Waals surface area contributed by atoms with Gasteiger partial charge in [-0.3, -0.25) is 20.3 Å². The van der Waals surface area contributed by atoms with E-state index in [0.29, 0.717) is 13.2 Å². The first-order valence-electron chi connectivity index (χ1n) is 10.1. The smallest absolute Gasteiger partial charge is 0.414 e. The monoisotopic (exact) mass is 457 g/mol. The molecule has 0 aliphatic carbocycles. The van der Waals surface area contributed by atoms with Crippen molar-refractivity contribution in [3.63, 3.8) is 0 Å². The van der Waals surface area contributed by atoms with E-state index in [2.05, 4.69) is 22.3 Å². The molecule has 0 bridgehead atoms. The molecular formula is C20H31N3O7S. The minimum atomic E-state index is -1.82. The van der Waals surface area contributed by atoms with Crippen LogP contribution in [0.1, 0.15) is 31.2 Å². The van der Waals surface area contributed by atoms with E-state index in [1.54, 1.807) is 0 Å². The molecule has 3 N–H and O–H groups in total. The summed E-state index contributed by atoms with van der Waals surface area (Å²) < 4.78 is 5.83. The molecule has 174 valence electrons. The number of aliphatic carboxylic acids is 2. The summed E-state index contributed by atoms with van der Waals surface area (Å²) in [7, 11) is 0. The van der Waals surface area contributed by atoms with Gasteiger partial charge < -0.3 is 14.9 Å². The highest BCUT2D eigenvalue weighted by molar-refractivity contribution is 7.99. The lowest BCUT2D eigenvalue weighted by atomic mass is 10.1. The Morgan fingerprint density at radius 3 is 2.52 bits per heavy atom. The number of carboxylic acid groups (broad SMARTS) is 2. The Morgan fingerprint density at radius 2 is 1.94 bits per heavy atom. The molecule has 1 heterocycles. The number of carboxylic acids is 2. The molecule has 0 amide bonds. The van der Waals surface area contributed by atoms with Gasteiger partial charge in [0.05, 0.1) is 6.61 Å². The van der Waals surface area contributed by atoms with Crippen molar-refractivity contribution in [1.82, 2.24) is 10.2 Å². The standard InChI is InChI=1S/C18H29N3O3S.C2H2O4/c1-25-18(15-21(22)23)19-9-6-12-24-17-8-5-7-16(13-17)14-20-10-3-2-4-11-20;3-1(4)2(5)6/h5,7-8,13,18-19H,2-4,6,9-12,14-15H2,1H3;(H,3,4)(H,5,6). The zero-order valence-electron chi connectivity index (χ0n) is 17.7. The first kappa shape index (κ1) is 26.7. The lowest BCUT2D eigenvalue weighted by Gasteiger charge is -2.26. The third-order valence-corrected chi connectivity index (χ3v) is 5.38. The third-order valence-electron chi connectivity index (χ3n) is 4.50. The molecule has 1 aliphatic heterocycles. The molecule has 0 saturated carbocycles. The average Bonchev–Trinajstić information content (AvgIpc) is 2.73. The predicted octanol–water partition coefficient (Wildman–Crippen LogP) is 2.15. The summed E-state index contributed by atoms with van der Waals surface area (Å²) in [6.45, 7) is 4.65. The van der Waals surface area contributed by atoms with Gasteiger partial charge in [0.25, 0.3) is 0 Å². The van der Waals surface area contributed by atoms with Gasteiger partial charge in [-0.15, -0.1) is 11.8 Å². The minimum absolute atomic E-state index is 0.0550. The van der Waals surface area contributed by atoms with Crippen molar-refractivity contribution in [3.8, 4) is 5.75 Å². The van der Waals surface area contributed by atoms with Crippen LogP contribution in [0, 0.1) is 10.1 Å². The number of ether oxygens (including phenoxy) is 1. The number of thioether (sulfide) groups is 1. The number of nitro groups is 1. The summed E-state index contributed by atoms with van der Waals surface area (Å²) >= 11 is 1.47. The Bertz CT molecular complexity index is 687. The van der Waals surface area contributed by atoms with Gasteiger partial charge in [0.2, 0.25) is 6.54 Å². The van der Waals surface area contributed by atoms with Gasteiger partial charge in [-0.05, 0) is 62.8 Å². The van der Waals surface area contributed by atoms with Crippen LogP contribution in [0.25, 0.3) is 0 Å². The number of hydrogen-bond acceptors (Lipinski definition) is 8. The summed E-state index contributed by atoms with van der Waals surface area (Å²) in [5.74, 6) is -2.74. The quantitative estimate of drug-likeness (QED) is 0.149. The molecule has 1 atom stereocenters. The number of nitrogens with one attached hydrogen (secondary N) is 1. The van der Waals surface area contributed by atoms with E-state index in [1.807, 2.05) is 18.4 Å². The number of hydrogen-bond donors (Lipinski definition) is 3. The van der Waals surface area contributed by atoms with Gasteiger partial charge in [-0.25, -0.2) is 9.59 Å². The van der Waals surface area contributed by atoms with E-state index in [0.717, 1.165) is 18.7 Å². The zero-order chi connectivity index (χ0) is 23.1. The van der Waals surface area contributed by atoms with E-state index in [4.69, 9.17) is 24.5 Å². The van der Waals surface area contributed by atoms with Gasteiger partial charge >= 0.3 is 11.9 Å². The molecule has 11 heteroatoms. The van der Waals surface area contributed by atoms with E-state index in [-0.39, 0.29) is 16.8 Å². The van der Waals surface area contributed by atoms with Crippen molar-refractivity contribution in [3.05, 3.63) is 39.9 Å². The van der Waals surface area contributed by atoms with Crippen LogP contribution in [-0.2, 0) is 16.1 Å². The predicted molar refractivity (Wildman–Crippen MR) is 118 cm³/mol. The molecule has 31 heavy (non-hydrogen) atoms. The molecule has 1 aromatic rings. The molecule has 1 aromatic carbocycles. The summed E-state index contributed by atoms with van der Waals surface area (Å²) in [6.07, 6.45) is 6.66. The van der Waals surface area contributed by atoms with E-state index < -0.39 is 11.9 Å². The number of carbonyl (C=O) groups is 2. The maximum atomic E-state index is 10.5. The number of likely N-dealkylation sites (tertiary alicyclic amines) is 1. The van der Waals surface area contributed by atoms with Gasteiger partial charge in [-0.1, -0.05) is 18.6 Å². The molecule has 0 spiro atoms. The Kier molecular flexibility index (Phi) is 13.3. The fourth-order valence-electron chi connectivity index (χ4n) is 2.99. The highest BCUT2D eigenvalue weighted by Crippen LogP contribution is 2.17. The molecular weight excluding hydrogens is 426 g/mol. The van der Waals surface area contributed by atoms with Crippen LogP contribution in [0.4, 0.5) is 0 Å². The number of benzene rings is 1. The van der Waals surface area contributed by atoms with Crippen molar-refractivity contribution < 1.29 is 29.5 Å². The summed E-state index contributed by atoms with van der Waals surface area (Å²) in [5, 5.41) is 28.4. The van der Waals surface area contributed by atoms with Crippen LogP contribution >= 0.6 is 11.8 Å². The SMILES string of the molecule is CSC(C[N+](=O)[O-])NCCCOc1cccc(CN2CCCCC2)c1.O=C(O)C(=O)O. The minimum Gasteiger partial charge on any atom is -0.494 e. The van der Waals surface area contributed by atoms with Gasteiger partial charge in [-0.2, -0.15) is 0 Å². The third kappa shape index (κ3) is 12.8. The molecule has 0 aromatic heterocycles. The van der Waals surface area contributed by atoms with Crippen LogP contribution in [0.3, 0.4) is 0 Å². The maximum absolute atomic E-state index is 10.5. The summed E-state index contributed by atoms with van der Waals surface area (Å²) in [5.41, 5.74) is 1.30. The molecule has 1 saturated heterocycles. The summed E-state index contributed by atoms with van der Waals surface area (Å²) in [4.78, 5) is 31.0. The van der Waals surface area contributed by atoms with Crippen molar-refractivity contribution in [2.45, 2.75) is 37.6 Å². The lowest BCUT2D eigenvalue weighted by Crippen LogP contribution is -2.33. The Hall–Kier alpha value is -2.37. The first-order valence-corrected chi connectivity index (χ1v) is 11.4. The normalized spacial score (nSPS) is 14.7. The van der Waals surface area contributed by atoms with Crippen LogP contribution in [0.5, 0.6) is 5.75 Å². The van der Waals surface area contributed by atoms with Gasteiger partial charge in [0, 0.05) is 11.5 Å². The Labute approximate surface area is 186 Å². The number of rotatable bonds is 11. The van der Waals surface area contributed by atoms with E-state index >= 15 is 0 Å². The van der Waals surface area contributed by atoms with Crippen molar-refractivity contribution in [2.75, 3.05) is 39.0 Å². The molecule has 2 rings (SSSR count). The Balaban J connectivity index is 0.000000703. The number of nitrogens with zero attached hydrogens (tertiary/aromatic N) is 2. The highest BCUT2D eigenvalue weighted by Gasteiger charge is 2.13. The van der Waals surface area contributed by atoms with Crippen LogP contribution in [0.2, 0.25) is 0 Å². The largest absolute Gasteiger partial charge is 0.494 e. The van der Waals surface area contributed by atoms with Crippen molar-refractivity contribution in [1.29, 1.82) is 0 Å². The molecule has 0 radical (unpaired) electrons. The zero-order valence-corrected chi connectivity index (χ0v) is 18.5. The van der Waals surface area contributed by atoms with Crippen molar-refractivity contribution in [2.24, 2.45) is 0 Å². The summed E-state index contributed by atoms with van der Waals surface area (Å²) in [6, 6.07) is 8.32. The average molecular weight is 458 g/mol. The van der Waals surface area contributed by atoms with Crippen LogP contribution in [-0.4, -0.2) is 76.4 Å². The Morgan fingerprint density at radius 1 is 1.26 bits per heavy atom. The van der Waals surface area contributed by atoms with E-state index in [9.17, 15) is 10.1 Å². The lowest BCUT2D eigenvalue weighted by molar-refractivity contribution is -0.479. The fraction of sp³-hybridized carbons (Fsp3) is 0.600. The van der Waals surface area contributed by atoms with Crippen LogP contribution in [0.15, 0.2) is 24.3 Å². The second-order valence-electron chi connectivity index (χ2n) is 6.99. The van der Waals surface area contributed by atoms with E-state index in [1.165, 1.54) is 49.7 Å². The first-order chi connectivity index (χ1) is 14.8. The second kappa shape index (κ2) is 15.4. The number of piperidine rings is 1. The molecule has 1 aliphatic rings. The fourth-order valence-corrected chi connectivity index (χ4v) is 3.55. The van der Waals surface area contributed by atoms with Gasteiger partial charge in [0.1, 0.15) is 11.1 Å². The molecule has 1 unspecified atom stereocenters. The maximum Gasteiger partial charge on any atom is 0.414 e. The topological polar surface area (TPSA) is 142 Å². The highest BCUT2D eigenvalue weighted by atomic mass is 32.2. The van der Waals surface area contributed by atoms with Crippen LogP contribution < -0.4 is 10.1 Å². The molecule has 10 nitrogen and oxygen atoms in total. The molecule has 1 fully saturated rings. The second-order valence-corrected chi connectivity index (χ2v) is 8.03. The van der Waals surface area contributed by atoms with Crippen molar-refractivity contribution >= 4 is 23.7 Å².